The fraction of sp³-hybridized carbons (Fsp3) is 1.00. The maximum atomic E-state index is 10.2. The summed E-state index contributed by atoms with van der Waals surface area (Å²) in [5, 5.41) is 0.993. The Morgan fingerprint density at radius 1 is 1.00 bits per heavy atom. The van der Waals surface area contributed by atoms with Gasteiger partial charge >= 0.3 is 29.6 Å². The van der Waals surface area contributed by atoms with Crippen LogP contribution in [0.4, 0.5) is 0 Å². The van der Waals surface area contributed by atoms with Crippen molar-refractivity contribution in [1.29, 1.82) is 0 Å². The van der Waals surface area contributed by atoms with E-state index in [-0.39, 0.29) is 35.3 Å². The first-order valence-electron chi connectivity index (χ1n) is 4.06. The van der Waals surface area contributed by atoms with Crippen molar-refractivity contribution in [3.8, 4) is 0 Å². The van der Waals surface area contributed by atoms with Crippen LogP contribution in [0.3, 0.4) is 0 Å². The number of halogens is 1. The van der Waals surface area contributed by atoms with Crippen LogP contribution in [0.1, 0.15) is 32.1 Å². The smallest absolute Gasteiger partial charge is 0.748 e. The summed E-state index contributed by atoms with van der Waals surface area (Å²) >= 11 is 3.30. The van der Waals surface area contributed by atoms with Gasteiger partial charge in [-0.1, -0.05) is 35.2 Å². The van der Waals surface area contributed by atoms with Crippen molar-refractivity contribution in [3.63, 3.8) is 0 Å². The molecular weight excluding hydrogens is 267 g/mol. The number of rotatable bonds is 7. The van der Waals surface area contributed by atoms with Gasteiger partial charge in [0, 0.05) is 11.1 Å². The molecule has 0 atom stereocenters. The Kier molecular flexibility index (Phi) is 12.8. The van der Waals surface area contributed by atoms with Gasteiger partial charge in [0.25, 0.3) is 0 Å². The van der Waals surface area contributed by atoms with E-state index in [0.717, 1.165) is 31.0 Å². The maximum Gasteiger partial charge on any atom is 1.00 e. The molecule has 0 saturated heterocycles. The van der Waals surface area contributed by atoms with E-state index in [1.54, 1.807) is 0 Å². The van der Waals surface area contributed by atoms with Crippen LogP contribution in [0.25, 0.3) is 0 Å². The van der Waals surface area contributed by atoms with E-state index in [1.165, 1.54) is 0 Å². The van der Waals surface area contributed by atoms with Crippen LogP contribution in [0.15, 0.2) is 0 Å². The van der Waals surface area contributed by atoms with Gasteiger partial charge in [-0.3, -0.25) is 0 Å². The zero-order chi connectivity index (χ0) is 9.45. The van der Waals surface area contributed by atoms with E-state index in [1.807, 2.05) is 0 Å². The predicted octanol–water partition coefficient (Wildman–Crippen LogP) is -1.12. The normalized spacial score (nSPS) is 10.9. The van der Waals surface area contributed by atoms with Gasteiger partial charge < -0.3 is 4.55 Å². The number of alkyl halides is 1. The summed E-state index contributed by atoms with van der Waals surface area (Å²) in [6.45, 7) is 0. The van der Waals surface area contributed by atoms with Gasteiger partial charge in [0.2, 0.25) is 0 Å². The second kappa shape index (κ2) is 9.93. The van der Waals surface area contributed by atoms with Crippen molar-refractivity contribution in [2.45, 2.75) is 32.1 Å². The van der Waals surface area contributed by atoms with E-state index in [9.17, 15) is 13.0 Å². The first-order valence-corrected chi connectivity index (χ1v) is 6.75. The third-order valence-corrected chi connectivity index (χ3v) is 2.88. The van der Waals surface area contributed by atoms with Gasteiger partial charge in [0.05, 0.1) is 10.1 Å². The van der Waals surface area contributed by atoms with Crippen molar-refractivity contribution in [3.05, 3.63) is 0 Å². The van der Waals surface area contributed by atoms with E-state index in [4.69, 9.17) is 0 Å². The fourth-order valence-corrected chi connectivity index (χ4v) is 1.86. The third-order valence-electron chi connectivity index (χ3n) is 1.53. The molecule has 0 aliphatic rings. The molecule has 0 N–H and O–H groups in total. The summed E-state index contributed by atoms with van der Waals surface area (Å²) in [7, 11) is -3.98. The quantitative estimate of drug-likeness (QED) is 0.257. The predicted molar refractivity (Wildman–Crippen MR) is 51.4 cm³/mol. The molecule has 74 valence electrons. The maximum absolute atomic E-state index is 10.2. The minimum atomic E-state index is -3.98. The summed E-state index contributed by atoms with van der Waals surface area (Å²) in [5.74, 6) is -0.207. The molecule has 0 amide bonds. The van der Waals surface area contributed by atoms with E-state index >= 15 is 0 Å². The van der Waals surface area contributed by atoms with Crippen LogP contribution < -0.4 is 29.6 Å². The van der Waals surface area contributed by atoms with E-state index in [0.29, 0.717) is 6.42 Å². The van der Waals surface area contributed by atoms with Crippen LogP contribution in [0.2, 0.25) is 0 Å². The molecule has 0 aliphatic heterocycles. The first-order chi connectivity index (χ1) is 5.56. The third kappa shape index (κ3) is 16.1. The molecule has 0 heterocycles. The van der Waals surface area contributed by atoms with Crippen molar-refractivity contribution >= 4 is 26.0 Å². The van der Waals surface area contributed by atoms with Crippen LogP contribution in [0.5, 0.6) is 0 Å². The summed E-state index contributed by atoms with van der Waals surface area (Å²) in [4.78, 5) is 0. The molecule has 0 rings (SSSR count). The molecule has 0 unspecified atom stereocenters. The van der Waals surface area contributed by atoms with Gasteiger partial charge in [-0.25, -0.2) is 8.42 Å². The van der Waals surface area contributed by atoms with Gasteiger partial charge in [-0.2, -0.15) is 0 Å². The Balaban J connectivity index is 0. The second-order valence-corrected chi connectivity index (χ2v) is 5.04. The Morgan fingerprint density at radius 2 is 1.46 bits per heavy atom. The Labute approximate surface area is 111 Å². The van der Waals surface area contributed by atoms with Crippen LogP contribution in [0, 0.1) is 0 Å². The Hall–Kier alpha value is 1.39. The molecule has 0 saturated carbocycles. The topological polar surface area (TPSA) is 57.2 Å². The fourth-order valence-electron chi connectivity index (χ4n) is 0.904. The molecule has 0 fully saturated rings. The Bertz CT molecular complexity index is 194. The molecule has 0 aromatic rings. The van der Waals surface area contributed by atoms with Gasteiger partial charge in [0.1, 0.15) is 0 Å². The minimum absolute atomic E-state index is 0. The SMILES string of the molecule is O=S(=O)([O-])CCCCCCCBr.[Na+]. The number of unbranched alkanes of at least 4 members (excludes halogenated alkanes) is 4. The summed E-state index contributed by atoms with van der Waals surface area (Å²) in [5.41, 5.74) is 0. The zero-order valence-corrected chi connectivity index (χ0v) is 12.4. The molecule has 0 aromatic carbocycles. The average molecular weight is 281 g/mol. The van der Waals surface area contributed by atoms with Crippen molar-refractivity contribution in [1.82, 2.24) is 0 Å². The van der Waals surface area contributed by atoms with Crippen molar-refractivity contribution < 1.29 is 42.5 Å². The average Bonchev–Trinajstić information content (AvgIpc) is 1.94. The Morgan fingerprint density at radius 3 is 1.92 bits per heavy atom. The first kappa shape index (κ1) is 16.8. The van der Waals surface area contributed by atoms with Gasteiger partial charge in [-0.15, -0.1) is 0 Å². The van der Waals surface area contributed by atoms with Crippen LogP contribution in [-0.2, 0) is 10.1 Å². The zero-order valence-electron chi connectivity index (χ0n) is 7.96. The number of hydrogen-bond donors (Lipinski definition) is 0. The molecule has 0 spiro atoms. The molecule has 0 radical (unpaired) electrons. The number of hydrogen-bond acceptors (Lipinski definition) is 3. The standard InChI is InChI=1S/C7H15BrO3S.Na/c8-6-4-2-1-3-5-7-12(9,10)11;/h1-7H2,(H,9,10,11);/q;+1/p-1. The molecular formula is C7H14BrNaO3S. The molecule has 13 heavy (non-hydrogen) atoms. The monoisotopic (exact) mass is 280 g/mol. The summed E-state index contributed by atoms with van der Waals surface area (Å²) in [6.07, 6.45) is 4.58. The minimum Gasteiger partial charge on any atom is -0.748 e. The van der Waals surface area contributed by atoms with Crippen LogP contribution >= 0.6 is 15.9 Å². The largest absolute Gasteiger partial charge is 1.00 e. The molecule has 0 bridgehead atoms. The summed E-state index contributed by atoms with van der Waals surface area (Å²) in [6, 6.07) is 0. The molecule has 0 aromatic heterocycles. The van der Waals surface area contributed by atoms with Crippen molar-refractivity contribution in [2.75, 3.05) is 11.1 Å². The molecule has 6 heteroatoms. The van der Waals surface area contributed by atoms with Crippen LogP contribution in [-0.4, -0.2) is 24.1 Å². The van der Waals surface area contributed by atoms with Gasteiger partial charge in [-0.05, 0) is 12.8 Å². The van der Waals surface area contributed by atoms with Gasteiger partial charge in [0.15, 0.2) is 0 Å². The van der Waals surface area contributed by atoms with Crippen molar-refractivity contribution in [2.24, 2.45) is 0 Å². The van der Waals surface area contributed by atoms with E-state index in [2.05, 4.69) is 15.9 Å². The molecule has 3 nitrogen and oxygen atoms in total. The summed E-state index contributed by atoms with van der Waals surface area (Å²) < 4.78 is 30.5. The second-order valence-electron chi connectivity index (χ2n) is 2.72. The van der Waals surface area contributed by atoms with E-state index < -0.39 is 10.1 Å². The molecule has 0 aliphatic carbocycles.